The standard InChI is InChI=1S/C24H24IN3O4S/c1-17(19-8-7-9-20(25)16-19)26-27-24(29)18(2)28(33(3,30)31)21-12-14-23(15-13-21)32-22-10-5-4-6-11-22/h4-16,18H,1-3H3,(H,27,29)/b26-17-/t18-/m0/s1. The molecular formula is C24H24IN3O4S. The molecule has 0 radical (unpaired) electrons. The molecule has 0 heterocycles. The summed E-state index contributed by atoms with van der Waals surface area (Å²) in [5, 5.41) is 4.15. The third-order valence-corrected chi connectivity index (χ3v) is 6.65. The molecule has 3 aromatic rings. The Morgan fingerprint density at radius 1 is 1.00 bits per heavy atom. The van der Waals surface area contributed by atoms with Crippen LogP contribution in [0.15, 0.2) is 84.0 Å². The Morgan fingerprint density at radius 3 is 2.24 bits per heavy atom. The molecule has 0 fully saturated rings. The van der Waals surface area contributed by atoms with Crippen molar-refractivity contribution in [2.24, 2.45) is 5.10 Å². The van der Waals surface area contributed by atoms with E-state index in [9.17, 15) is 13.2 Å². The van der Waals surface area contributed by atoms with E-state index in [0.717, 1.165) is 19.7 Å². The number of nitrogens with one attached hydrogen (secondary N) is 1. The molecule has 172 valence electrons. The van der Waals surface area contributed by atoms with Crippen molar-refractivity contribution in [1.82, 2.24) is 5.43 Å². The van der Waals surface area contributed by atoms with Gasteiger partial charge in [-0.15, -0.1) is 0 Å². The van der Waals surface area contributed by atoms with Gasteiger partial charge in [0.2, 0.25) is 10.0 Å². The van der Waals surface area contributed by atoms with Crippen LogP contribution in [0.1, 0.15) is 19.4 Å². The number of halogens is 1. The lowest BCUT2D eigenvalue weighted by Crippen LogP contribution is -2.46. The van der Waals surface area contributed by atoms with Gasteiger partial charge in [0.1, 0.15) is 17.5 Å². The van der Waals surface area contributed by atoms with Crippen molar-refractivity contribution < 1.29 is 17.9 Å². The molecule has 0 aromatic heterocycles. The van der Waals surface area contributed by atoms with Gasteiger partial charge in [-0.1, -0.05) is 30.3 Å². The maximum Gasteiger partial charge on any atom is 0.263 e. The van der Waals surface area contributed by atoms with Crippen molar-refractivity contribution in [3.8, 4) is 11.5 Å². The molecule has 0 aliphatic carbocycles. The number of carbonyl (C=O) groups excluding carboxylic acids is 1. The van der Waals surface area contributed by atoms with Crippen LogP contribution in [0.3, 0.4) is 0 Å². The van der Waals surface area contributed by atoms with E-state index >= 15 is 0 Å². The van der Waals surface area contributed by atoms with Gasteiger partial charge in [-0.3, -0.25) is 9.10 Å². The number of rotatable bonds is 8. The van der Waals surface area contributed by atoms with E-state index in [2.05, 4.69) is 33.1 Å². The van der Waals surface area contributed by atoms with E-state index < -0.39 is 22.0 Å². The highest BCUT2D eigenvalue weighted by molar-refractivity contribution is 14.1. The fourth-order valence-corrected chi connectivity index (χ4v) is 4.82. The second-order valence-corrected chi connectivity index (χ2v) is 10.4. The van der Waals surface area contributed by atoms with E-state index in [-0.39, 0.29) is 0 Å². The Morgan fingerprint density at radius 2 is 1.64 bits per heavy atom. The summed E-state index contributed by atoms with van der Waals surface area (Å²) >= 11 is 2.20. The van der Waals surface area contributed by atoms with Gasteiger partial charge in [-0.2, -0.15) is 5.10 Å². The Hall–Kier alpha value is -2.92. The number of ether oxygens (including phenoxy) is 1. The number of amides is 1. The number of nitrogens with zero attached hydrogens (tertiary/aromatic N) is 2. The van der Waals surface area contributed by atoms with Gasteiger partial charge in [-0.05, 0) is 90.5 Å². The van der Waals surface area contributed by atoms with Crippen molar-refractivity contribution in [1.29, 1.82) is 0 Å². The fraction of sp³-hybridized carbons (Fsp3) is 0.167. The van der Waals surface area contributed by atoms with Gasteiger partial charge in [0.15, 0.2) is 0 Å². The zero-order valence-electron chi connectivity index (χ0n) is 18.4. The molecule has 9 heteroatoms. The number of anilines is 1. The van der Waals surface area contributed by atoms with Gasteiger partial charge < -0.3 is 4.74 Å². The van der Waals surface area contributed by atoms with Crippen LogP contribution in [0.2, 0.25) is 0 Å². The van der Waals surface area contributed by atoms with Gasteiger partial charge >= 0.3 is 0 Å². The lowest BCUT2D eigenvalue weighted by Gasteiger charge is -2.27. The highest BCUT2D eigenvalue weighted by Gasteiger charge is 2.29. The van der Waals surface area contributed by atoms with Gasteiger partial charge in [0, 0.05) is 3.57 Å². The number of benzene rings is 3. The smallest absolute Gasteiger partial charge is 0.263 e. The van der Waals surface area contributed by atoms with E-state index in [0.29, 0.717) is 22.9 Å². The second kappa shape index (κ2) is 10.8. The van der Waals surface area contributed by atoms with Crippen LogP contribution in [0, 0.1) is 3.57 Å². The highest BCUT2D eigenvalue weighted by Crippen LogP contribution is 2.27. The minimum absolute atomic E-state index is 0.346. The van der Waals surface area contributed by atoms with E-state index in [1.165, 1.54) is 6.92 Å². The molecule has 0 bridgehead atoms. The first-order valence-electron chi connectivity index (χ1n) is 10.1. The monoisotopic (exact) mass is 577 g/mol. The molecule has 1 amide bonds. The molecule has 0 aliphatic heterocycles. The molecule has 3 aromatic carbocycles. The summed E-state index contributed by atoms with van der Waals surface area (Å²) in [7, 11) is -3.75. The van der Waals surface area contributed by atoms with Gasteiger partial charge in [0.05, 0.1) is 17.7 Å². The van der Waals surface area contributed by atoms with Crippen LogP contribution < -0.4 is 14.5 Å². The molecule has 3 rings (SSSR count). The summed E-state index contributed by atoms with van der Waals surface area (Å²) in [4.78, 5) is 12.8. The maximum absolute atomic E-state index is 12.8. The summed E-state index contributed by atoms with van der Waals surface area (Å²) in [6.07, 6.45) is 1.06. The van der Waals surface area contributed by atoms with Gasteiger partial charge in [-0.25, -0.2) is 13.8 Å². The first kappa shape index (κ1) is 24.7. The summed E-state index contributed by atoms with van der Waals surface area (Å²) < 4.78 is 32.9. The number of sulfonamides is 1. The highest BCUT2D eigenvalue weighted by atomic mass is 127. The average molecular weight is 577 g/mol. The fourth-order valence-electron chi connectivity index (χ4n) is 3.10. The van der Waals surface area contributed by atoms with Crippen LogP contribution in [0.4, 0.5) is 5.69 Å². The summed E-state index contributed by atoms with van der Waals surface area (Å²) in [6.45, 7) is 3.29. The van der Waals surface area contributed by atoms with E-state index in [4.69, 9.17) is 4.74 Å². The van der Waals surface area contributed by atoms with Crippen molar-refractivity contribution >= 4 is 49.9 Å². The van der Waals surface area contributed by atoms with Crippen LogP contribution in [-0.2, 0) is 14.8 Å². The average Bonchev–Trinajstić information content (AvgIpc) is 2.78. The Bertz CT molecular complexity index is 1250. The Kier molecular flexibility index (Phi) is 8.09. The predicted molar refractivity (Wildman–Crippen MR) is 139 cm³/mol. The van der Waals surface area contributed by atoms with Crippen LogP contribution in [-0.4, -0.2) is 32.3 Å². The SMILES string of the molecule is C/C(=N/NC(=O)[C@H](C)N(c1ccc(Oc2ccccc2)cc1)S(C)(=O)=O)c1cccc(I)c1. The number of hydrogen-bond donors (Lipinski definition) is 1. The quantitative estimate of drug-likeness (QED) is 0.237. The second-order valence-electron chi connectivity index (χ2n) is 7.33. The zero-order valence-corrected chi connectivity index (χ0v) is 21.4. The van der Waals surface area contributed by atoms with Crippen molar-refractivity contribution in [3.63, 3.8) is 0 Å². The molecule has 0 spiro atoms. The largest absolute Gasteiger partial charge is 0.457 e. The number of para-hydroxylation sites is 1. The molecule has 7 nitrogen and oxygen atoms in total. The topological polar surface area (TPSA) is 88.1 Å². The van der Waals surface area contributed by atoms with Crippen LogP contribution >= 0.6 is 22.6 Å². The minimum Gasteiger partial charge on any atom is -0.457 e. The lowest BCUT2D eigenvalue weighted by atomic mass is 10.1. The van der Waals surface area contributed by atoms with Crippen LogP contribution in [0.25, 0.3) is 0 Å². The summed E-state index contributed by atoms with van der Waals surface area (Å²) in [5.74, 6) is 0.669. The summed E-state index contributed by atoms with van der Waals surface area (Å²) in [5.41, 5.74) is 4.31. The third kappa shape index (κ3) is 6.78. The first-order chi connectivity index (χ1) is 15.6. The van der Waals surface area contributed by atoms with Gasteiger partial charge in [0.25, 0.3) is 5.91 Å². The molecule has 0 saturated carbocycles. The van der Waals surface area contributed by atoms with Crippen molar-refractivity contribution in [3.05, 3.63) is 88.0 Å². The maximum atomic E-state index is 12.8. The lowest BCUT2D eigenvalue weighted by molar-refractivity contribution is -0.121. The van der Waals surface area contributed by atoms with Crippen molar-refractivity contribution in [2.75, 3.05) is 10.6 Å². The Labute approximate surface area is 207 Å². The molecule has 33 heavy (non-hydrogen) atoms. The predicted octanol–water partition coefficient (Wildman–Crippen LogP) is 4.78. The summed E-state index contributed by atoms with van der Waals surface area (Å²) in [6, 6.07) is 22.4. The first-order valence-corrected chi connectivity index (χ1v) is 13.0. The van der Waals surface area contributed by atoms with Crippen LogP contribution in [0.5, 0.6) is 11.5 Å². The zero-order chi connectivity index (χ0) is 24.0. The molecular weight excluding hydrogens is 553 g/mol. The normalized spacial score (nSPS) is 12.7. The van der Waals surface area contributed by atoms with E-state index in [1.54, 1.807) is 31.2 Å². The molecule has 0 unspecified atom stereocenters. The molecule has 1 atom stereocenters. The minimum atomic E-state index is -3.75. The van der Waals surface area contributed by atoms with E-state index in [1.807, 2.05) is 54.6 Å². The number of carbonyl (C=O) groups is 1. The molecule has 1 N–H and O–H groups in total. The molecule has 0 saturated heterocycles. The number of hydrogen-bond acceptors (Lipinski definition) is 5. The number of hydrazone groups is 1. The Balaban J connectivity index is 1.76. The third-order valence-electron chi connectivity index (χ3n) is 4.73. The van der Waals surface area contributed by atoms with Crippen molar-refractivity contribution in [2.45, 2.75) is 19.9 Å². The molecule has 0 aliphatic rings.